The molecule has 2 N–H and O–H groups in total. The Balaban J connectivity index is 1.72. The van der Waals surface area contributed by atoms with E-state index >= 15 is 0 Å². The molecule has 0 radical (unpaired) electrons. The second-order valence-electron chi connectivity index (χ2n) is 7.80. The van der Waals surface area contributed by atoms with Crippen LogP contribution < -0.4 is 15.4 Å². The van der Waals surface area contributed by atoms with Crippen molar-refractivity contribution in [2.45, 2.75) is 39.0 Å². The summed E-state index contributed by atoms with van der Waals surface area (Å²) in [6.45, 7) is 6.92. The van der Waals surface area contributed by atoms with Gasteiger partial charge >= 0.3 is 5.97 Å². The van der Waals surface area contributed by atoms with Crippen molar-refractivity contribution >= 4 is 34.9 Å². The molecular formula is C23H28N2O4S. The van der Waals surface area contributed by atoms with Gasteiger partial charge in [0.1, 0.15) is 5.75 Å². The first kappa shape index (κ1) is 23.3. The lowest BCUT2D eigenvalue weighted by Crippen LogP contribution is -2.34. The van der Waals surface area contributed by atoms with Crippen molar-refractivity contribution in [3.8, 4) is 5.75 Å². The van der Waals surface area contributed by atoms with Crippen molar-refractivity contribution < 1.29 is 19.1 Å². The van der Waals surface area contributed by atoms with Crippen LogP contribution >= 0.6 is 12.2 Å². The lowest BCUT2D eigenvalue weighted by atomic mass is 9.87. The SMILES string of the molecule is COC(=O)c1cccc(NC(=S)NC(=O)CCCOc2ccc(C(C)(C)C)cc2)c1. The molecule has 1 amide bonds. The van der Waals surface area contributed by atoms with E-state index in [4.69, 9.17) is 17.0 Å². The number of thiocarbonyl (C=S) groups is 1. The van der Waals surface area contributed by atoms with Crippen molar-refractivity contribution in [2.24, 2.45) is 0 Å². The van der Waals surface area contributed by atoms with E-state index in [0.29, 0.717) is 24.3 Å². The lowest BCUT2D eigenvalue weighted by Gasteiger charge is -2.19. The van der Waals surface area contributed by atoms with Gasteiger partial charge in [0.05, 0.1) is 19.3 Å². The predicted molar refractivity (Wildman–Crippen MR) is 122 cm³/mol. The van der Waals surface area contributed by atoms with Gasteiger partial charge in [0.25, 0.3) is 0 Å². The van der Waals surface area contributed by atoms with Gasteiger partial charge in [-0.25, -0.2) is 4.79 Å². The van der Waals surface area contributed by atoms with Gasteiger partial charge in [-0.15, -0.1) is 0 Å². The van der Waals surface area contributed by atoms with E-state index in [-0.39, 0.29) is 22.9 Å². The number of methoxy groups -OCH3 is 1. The molecule has 0 heterocycles. The van der Waals surface area contributed by atoms with Gasteiger partial charge in [-0.05, 0) is 59.9 Å². The summed E-state index contributed by atoms with van der Waals surface area (Å²) in [6.07, 6.45) is 0.845. The van der Waals surface area contributed by atoms with Gasteiger partial charge in [0, 0.05) is 12.1 Å². The summed E-state index contributed by atoms with van der Waals surface area (Å²) in [6, 6.07) is 14.7. The molecule has 0 unspecified atom stereocenters. The van der Waals surface area contributed by atoms with Crippen LogP contribution in [0.25, 0.3) is 0 Å². The maximum atomic E-state index is 12.1. The topological polar surface area (TPSA) is 76.7 Å². The van der Waals surface area contributed by atoms with Gasteiger partial charge in [0.2, 0.25) is 5.91 Å². The van der Waals surface area contributed by atoms with E-state index in [9.17, 15) is 9.59 Å². The molecule has 0 aliphatic rings. The second kappa shape index (κ2) is 10.7. The molecule has 0 aliphatic carbocycles. The van der Waals surface area contributed by atoms with Crippen molar-refractivity contribution in [3.63, 3.8) is 0 Å². The number of hydrogen-bond donors (Lipinski definition) is 2. The first-order valence-electron chi connectivity index (χ1n) is 9.71. The van der Waals surface area contributed by atoms with Crippen LogP contribution in [0.2, 0.25) is 0 Å². The number of benzene rings is 2. The highest BCUT2D eigenvalue weighted by atomic mass is 32.1. The zero-order valence-electron chi connectivity index (χ0n) is 17.8. The smallest absolute Gasteiger partial charge is 0.337 e. The molecule has 2 rings (SSSR count). The highest BCUT2D eigenvalue weighted by molar-refractivity contribution is 7.80. The van der Waals surface area contributed by atoms with Crippen LogP contribution in [0.1, 0.15) is 49.5 Å². The molecule has 160 valence electrons. The zero-order chi connectivity index (χ0) is 22.1. The summed E-state index contributed by atoms with van der Waals surface area (Å²) in [4.78, 5) is 23.6. The summed E-state index contributed by atoms with van der Waals surface area (Å²) < 4.78 is 10.4. The number of amides is 1. The second-order valence-corrected chi connectivity index (χ2v) is 8.21. The summed E-state index contributed by atoms with van der Waals surface area (Å²) in [5.41, 5.74) is 2.32. The first-order valence-corrected chi connectivity index (χ1v) is 10.1. The Hall–Kier alpha value is -2.93. The number of ether oxygens (including phenoxy) is 2. The van der Waals surface area contributed by atoms with Gasteiger partial charge in [-0.1, -0.05) is 39.0 Å². The molecule has 0 spiro atoms. The minimum absolute atomic E-state index is 0.101. The third-order valence-electron chi connectivity index (χ3n) is 4.33. The van der Waals surface area contributed by atoms with Crippen LogP contribution in [-0.4, -0.2) is 30.7 Å². The first-order chi connectivity index (χ1) is 14.2. The fourth-order valence-electron chi connectivity index (χ4n) is 2.67. The highest BCUT2D eigenvalue weighted by Crippen LogP contribution is 2.24. The number of nitrogens with one attached hydrogen (secondary N) is 2. The Kier molecular flexibility index (Phi) is 8.35. The van der Waals surface area contributed by atoms with Crippen molar-refractivity contribution in [1.82, 2.24) is 5.32 Å². The third-order valence-corrected chi connectivity index (χ3v) is 4.54. The van der Waals surface area contributed by atoms with Gasteiger partial charge < -0.3 is 20.1 Å². The van der Waals surface area contributed by atoms with Crippen molar-refractivity contribution in [2.75, 3.05) is 19.0 Å². The largest absolute Gasteiger partial charge is 0.494 e. The Labute approximate surface area is 183 Å². The van der Waals surface area contributed by atoms with E-state index in [1.807, 2.05) is 12.1 Å². The number of anilines is 1. The monoisotopic (exact) mass is 428 g/mol. The summed E-state index contributed by atoms with van der Waals surface area (Å²) in [5.74, 6) is 0.135. The Morgan fingerprint density at radius 2 is 1.77 bits per heavy atom. The van der Waals surface area contributed by atoms with E-state index < -0.39 is 5.97 Å². The Bertz CT molecular complexity index is 889. The molecule has 0 saturated heterocycles. The average Bonchev–Trinajstić information content (AvgIpc) is 2.70. The number of esters is 1. The molecule has 0 bridgehead atoms. The minimum Gasteiger partial charge on any atom is -0.494 e. The summed E-state index contributed by atoms with van der Waals surface area (Å²) in [5, 5.41) is 5.68. The van der Waals surface area contributed by atoms with Gasteiger partial charge in [-0.2, -0.15) is 0 Å². The zero-order valence-corrected chi connectivity index (χ0v) is 18.6. The van der Waals surface area contributed by atoms with Crippen LogP contribution in [-0.2, 0) is 14.9 Å². The van der Waals surface area contributed by atoms with Crippen LogP contribution in [0, 0.1) is 0 Å². The maximum absolute atomic E-state index is 12.1. The fraction of sp³-hybridized carbons (Fsp3) is 0.348. The molecule has 0 aromatic heterocycles. The van der Waals surface area contributed by atoms with Gasteiger partial charge in [-0.3, -0.25) is 4.79 Å². The van der Waals surface area contributed by atoms with Crippen LogP contribution in [0.15, 0.2) is 48.5 Å². The molecule has 2 aromatic carbocycles. The normalized spacial score (nSPS) is 10.8. The molecule has 0 atom stereocenters. The van der Waals surface area contributed by atoms with Crippen LogP contribution in [0.3, 0.4) is 0 Å². The van der Waals surface area contributed by atoms with E-state index in [2.05, 4.69) is 48.3 Å². The number of carbonyl (C=O) groups excluding carboxylic acids is 2. The standard InChI is InChI=1S/C23H28N2O4S/c1-23(2,3)17-10-12-19(13-11-17)29-14-6-9-20(26)25-22(30)24-18-8-5-7-16(15-18)21(27)28-4/h5,7-8,10-13,15H,6,9,14H2,1-4H3,(H2,24,25,26,30). The van der Waals surface area contributed by atoms with Crippen LogP contribution in [0.5, 0.6) is 5.75 Å². The third kappa shape index (κ3) is 7.48. The quantitative estimate of drug-likeness (QED) is 0.386. The van der Waals surface area contributed by atoms with Crippen LogP contribution in [0.4, 0.5) is 5.69 Å². The Morgan fingerprint density at radius 3 is 2.40 bits per heavy atom. The average molecular weight is 429 g/mol. The summed E-state index contributed by atoms with van der Waals surface area (Å²) in [7, 11) is 1.32. The highest BCUT2D eigenvalue weighted by Gasteiger charge is 2.13. The summed E-state index contributed by atoms with van der Waals surface area (Å²) >= 11 is 5.16. The van der Waals surface area contributed by atoms with Crippen molar-refractivity contribution in [3.05, 3.63) is 59.7 Å². The number of hydrogen-bond acceptors (Lipinski definition) is 5. The minimum atomic E-state index is -0.443. The molecule has 6 nitrogen and oxygen atoms in total. The molecule has 0 aliphatic heterocycles. The number of carbonyl (C=O) groups is 2. The molecular weight excluding hydrogens is 400 g/mol. The molecule has 7 heteroatoms. The predicted octanol–water partition coefficient (Wildman–Crippen LogP) is 4.44. The molecule has 0 fully saturated rings. The maximum Gasteiger partial charge on any atom is 0.337 e. The van der Waals surface area contributed by atoms with Gasteiger partial charge in [0.15, 0.2) is 5.11 Å². The number of rotatable bonds is 7. The Morgan fingerprint density at radius 1 is 1.07 bits per heavy atom. The lowest BCUT2D eigenvalue weighted by molar-refractivity contribution is -0.119. The molecule has 2 aromatic rings. The fourth-order valence-corrected chi connectivity index (χ4v) is 2.90. The molecule has 30 heavy (non-hydrogen) atoms. The molecule has 0 saturated carbocycles. The van der Waals surface area contributed by atoms with E-state index in [0.717, 1.165) is 5.75 Å². The van der Waals surface area contributed by atoms with Crippen molar-refractivity contribution in [1.29, 1.82) is 0 Å². The van der Waals surface area contributed by atoms with E-state index in [1.54, 1.807) is 24.3 Å². The van der Waals surface area contributed by atoms with E-state index in [1.165, 1.54) is 12.7 Å².